The van der Waals surface area contributed by atoms with E-state index < -0.39 is 27.9 Å². The van der Waals surface area contributed by atoms with Gasteiger partial charge in [0.2, 0.25) is 10.0 Å². The Morgan fingerprint density at radius 2 is 1.79 bits per heavy atom. The highest BCUT2D eigenvalue weighted by molar-refractivity contribution is 7.89. The molecule has 1 fully saturated rings. The van der Waals surface area contributed by atoms with E-state index in [0.29, 0.717) is 29.2 Å². The number of carboxylic acids is 1. The van der Waals surface area contributed by atoms with Crippen LogP contribution in [0.25, 0.3) is 0 Å². The highest BCUT2D eigenvalue weighted by atomic mass is 35.5. The minimum absolute atomic E-state index is 0.0125. The van der Waals surface area contributed by atoms with Crippen molar-refractivity contribution in [2.75, 3.05) is 52.5 Å². The normalized spacial score (nSPS) is 17.9. The number of benzene rings is 2. The molecule has 9 nitrogen and oxygen atoms in total. The zero-order chi connectivity index (χ0) is 32.3. The maximum Gasteiger partial charge on any atom is 0.322 e. The molecule has 3 rings (SSSR count). The van der Waals surface area contributed by atoms with Gasteiger partial charge in [0, 0.05) is 62.6 Å². The largest absolute Gasteiger partial charge is 0.494 e. The first-order valence-electron chi connectivity index (χ1n) is 14.3. The lowest BCUT2D eigenvalue weighted by atomic mass is 9.87. The minimum atomic E-state index is -3.70. The Morgan fingerprint density at radius 1 is 1.14 bits per heavy atom. The molecule has 1 saturated heterocycles. The third-order valence-electron chi connectivity index (χ3n) is 7.59. The van der Waals surface area contributed by atoms with E-state index >= 15 is 4.39 Å². The molecular formula is C31H46ClFN4O5S. The number of rotatable bonds is 13. The fourth-order valence-electron chi connectivity index (χ4n) is 5.60. The molecule has 0 aliphatic carbocycles. The van der Waals surface area contributed by atoms with E-state index in [2.05, 4.69) is 30.6 Å². The lowest BCUT2D eigenvalue weighted by Crippen LogP contribution is -2.43. The van der Waals surface area contributed by atoms with E-state index in [1.807, 2.05) is 51.3 Å². The van der Waals surface area contributed by atoms with Crippen molar-refractivity contribution in [1.29, 1.82) is 0 Å². The monoisotopic (exact) mass is 640 g/mol. The molecule has 0 spiro atoms. The molecule has 12 heteroatoms. The molecule has 1 heterocycles. The molecule has 0 saturated carbocycles. The van der Waals surface area contributed by atoms with Crippen molar-refractivity contribution in [3.8, 4) is 5.75 Å². The number of ether oxygens (including phenoxy) is 1. The van der Waals surface area contributed by atoms with Gasteiger partial charge in [0.25, 0.3) is 0 Å². The van der Waals surface area contributed by atoms with Crippen LogP contribution in [0.5, 0.6) is 5.75 Å². The van der Waals surface area contributed by atoms with Crippen molar-refractivity contribution in [3.63, 3.8) is 0 Å². The summed E-state index contributed by atoms with van der Waals surface area (Å²) in [6.45, 7) is 7.83. The molecule has 1 aliphatic rings. The second kappa shape index (κ2) is 14.1. The first-order valence-corrected chi connectivity index (χ1v) is 16.3. The minimum Gasteiger partial charge on any atom is -0.494 e. The Labute approximate surface area is 261 Å². The first-order chi connectivity index (χ1) is 19.9. The Balaban J connectivity index is 2.10. The molecule has 2 atom stereocenters. The van der Waals surface area contributed by atoms with E-state index in [1.165, 1.54) is 13.2 Å². The van der Waals surface area contributed by atoms with Crippen molar-refractivity contribution >= 4 is 33.3 Å². The van der Waals surface area contributed by atoms with E-state index in [-0.39, 0.29) is 42.5 Å². The second-order valence-corrected chi connectivity index (χ2v) is 15.5. The van der Waals surface area contributed by atoms with Crippen molar-refractivity contribution in [1.82, 2.24) is 14.1 Å². The summed E-state index contributed by atoms with van der Waals surface area (Å²) in [6, 6.07) is 7.90. The summed E-state index contributed by atoms with van der Waals surface area (Å²) < 4.78 is 47.5. The molecule has 1 unspecified atom stereocenters. The van der Waals surface area contributed by atoms with Crippen LogP contribution in [-0.2, 0) is 34.5 Å². The number of likely N-dealkylation sites (N-methyl/N-ethyl adjacent to an activating group) is 1. The van der Waals surface area contributed by atoms with Crippen LogP contribution in [0.2, 0.25) is 5.02 Å². The van der Waals surface area contributed by atoms with Crippen LogP contribution in [0.4, 0.5) is 10.1 Å². The summed E-state index contributed by atoms with van der Waals surface area (Å²) in [6.07, 6.45) is 0.873. The molecular weight excluding hydrogens is 595 g/mol. The number of aliphatic carboxylic acids is 1. The zero-order valence-electron chi connectivity index (χ0n) is 26.5. The van der Waals surface area contributed by atoms with Gasteiger partial charge in [0.05, 0.1) is 12.9 Å². The van der Waals surface area contributed by atoms with E-state index in [0.717, 1.165) is 22.0 Å². The molecule has 43 heavy (non-hydrogen) atoms. The fourth-order valence-corrected chi connectivity index (χ4v) is 7.49. The molecule has 0 aromatic heterocycles. The second-order valence-electron chi connectivity index (χ2n) is 13.0. The third-order valence-corrected chi connectivity index (χ3v) is 9.79. The van der Waals surface area contributed by atoms with Gasteiger partial charge in [-0.2, -0.15) is 4.31 Å². The smallest absolute Gasteiger partial charge is 0.322 e. The van der Waals surface area contributed by atoms with Gasteiger partial charge >= 0.3 is 5.97 Å². The number of nitrogens with zero attached hydrogens (tertiary/aromatic N) is 4. The fraction of sp³-hybridized carbons (Fsp3) is 0.581. The highest BCUT2D eigenvalue weighted by Crippen LogP contribution is 2.33. The molecule has 0 bridgehead atoms. The lowest BCUT2D eigenvalue weighted by molar-refractivity contribution is -0.141. The summed E-state index contributed by atoms with van der Waals surface area (Å²) in [4.78, 5) is 18.1. The first kappa shape index (κ1) is 35.0. The quantitative estimate of drug-likeness (QED) is 0.330. The lowest BCUT2D eigenvalue weighted by Gasteiger charge is -2.38. The van der Waals surface area contributed by atoms with Crippen molar-refractivity contribution in [3.05, 3.63) is 57.9 Å². The van der Waals surface area contributed by atoms with Gasteiger partial charge in [-0.1, -0.05) is 38.4 Å². The summed E-state index contributed by atoms with van der Waals surface area (Å²) in [5, 5.41) is 9.99. The number of sulfonamides is 1. The number of halogens is 2. The predicted octanol–water partition coefficient (Wildman–Crippen LogP) is 4.91. The third kappa shape index (κ3) is 9.28. The molecule has 0 radical (unpaired) electrons. The Bertz CT molecular complexity index is 1400. The maximum atomic E-state index is 15.6. The van der Waals surface area contributed by atoms with Crippen LogP contribution in [0.15, 0.2) is 30.3 Å². The number of carbonyl (C=O) groups is 1. The summed E-state index contributed by atoms with van der Waals surface area (Å²) >= 11 is 6.55. The van der Waals surface area contributed by atoms with Gasteiger partial charge in [-0.25, -0.2) is 12.8 Å². The average Bonchev–Trinajstić information content (AvgIpc) is 3.18. The van der Waals surface area contributed by atoms with Crippen LogP contribution < -0.4 is 9.64 Å². The van der Waals surface area contributed by atoms with Gasteiger partial charge in [0.15, 0.2) is 11.6 Å². The van der Waals surface area contributed by atoms with E-state index in [9.17, 15) is 18.3 Å². The summed E-state index contributed by atoms with van der Waals surface area (Å²) in [5.74, 6) is -1.72. The molecule has 1 N–H and O–H groups in total. The summed E-state index contributed by atoms with van der Waals surface area (Å²) in [5.41, 5.74) is 2.74. The molecule has 2 aromatic rings. The number of hydrogen-bond donors (Lipinski definition) is 1. The predicted molar refractivity (Wildman–Crippen MR) is 170 cm³/mol. The number of carboxylic acid groups (broad SMARTS) is 1. The van der Waals surface area contributed by atoms with Gasteiger partial charge in [-0.3, -0.25) is 9.69 Å². The van der Waals surface area contributed by atoms with Crippen LogP contribution >= 0.6 is 11.6 Å². The van der Waals surface area contributed by atoms with Crippen LogP contribution in [0, 0.1) is 11.2 Å². The van der Waals surface area contributed by atoms with Crippen LogP contribution in [0.3, 0.4) is 0 Å². The van der Waals surface area contributed by atoms with Gasteiger partial charge in [-0.15, -0.1) is 0 Å². The summed E-state index contributed by atoms with van der Waals surface area (Å²) in [7, 11) is 5.53. The topological polar surface area (TPSA) is 93.6 Å². The van der Waals surface area contributed by atoms with Crippen molar-refractivity contribution < 1.29 is 27.4 Å². The van der Waals surface area contributed by atoms with Crippen molar-refractivity contribution in [2.45, 2.75) is 65.3 Å². The highest BCUT2D eigenvalue weighted by Gasteiger charge is 2.41. The standard InChI is InChI=1S/C31H46ClFN4O5S/c1-31(2,3)16-24(19-34(4)5)36(20-25-26(32)9-10-28(42-8)29(25)33)17-21-13-22(15-23(14-21)35(6)7)18-37-27(30(38)39)11-12-43(37,40)41/h9-10,13-15,24,27H,11-12,16-20H2,1-8H3,(H,38,39)/t24-,27?/m0/s1. The Kier molecular flexibility index (Phi) is 11.5. The van der Waals surface area contributed by atoms with Crippen molar-refractivity contribution in [2.24, 2.45) is 5.41 Å². The number of methoxy groups -OCH3 is 1. The van der Waals surface area contributed by atoms with Gasteiger partial charge in [-0.05, 0) is 67.7 Å². The molecule has 2 aromatic carbocycles. The maximum absolute atomic E-state index is 15.6. The van der Waals surface area contributed by atoms with Gasteiger partial charge < -0.3 is 19.6 Å². The molecule has 240 valence electrons. The van der Waals surface area contributed by atoms with E-state index in [1.54, 1.807) is 6.07 Å². The van der Waals surface area contributed by atoms with Gasteiger partial charge in [0.1, 0.15) is 6.04 Å². The Hall–Kier alpha value is -2.44. The molecule has 1 aliphatic heterocycles. The van der Waals surface area contributed by atoms with E-state index in [4.69, 9.17) is 16.3 Å². The number of anilines is 1. The molecule has 0 amide bonds. The van der Waals surface area contributed by atoms with Crippen LogP contribution in [0.1, 0.15) is 50.3 Å². The Morgan fingerprint density at radius 3 is 2.35 bits per heavy atom. The average molecular weight is 641 g/mol. The van der Waals surface area contributed by atoms with Crippen LogP contribution in [-0.4, -0.2) is 93.3 Å². The zero-order valence-corrected chi connectivity index (χ0v) is 28.1. The SMILES string of the molecule is COc1ccc(Cl)c(CN(Cc2cc(CN3C(C(=O)O)CCS3(=O)=O)cc(N(C)C)c2)[C@H](CN(C)C)CC(C)(C)C)c1F. The number of hydrogen-bond acceptors (Lipinski definition) is 7.